The quantitative estimate of drug-likeness (QED) is 0.840. The van der Waals surface area contributed by atoms with Crippen molar-refractivity contribution in [2.75, 3.05) is 6.54 Å². The second kappa shape index (κ2) is 5.74. The molecule has 1 amide bonds. The molecule has 0 fully saturated rings. The van der Waals surface area contributed by atoms with Gasteiger partial charge in [0, 0.05) is 19.0 Å². The van der Waals surface area contributed by atoms with E-state index in [1.165, 1.54) is 24.3 Å². The second-order valence-electron chi connectivity index (χ2n) is 5.71. The molecule has 1 atom stereocenters. The van der Waals surface area contributed by atoms with Gasteiger partial charge in [-0.2, -0.15) is 13.2 Å². The minimum atomic E-state index is -4.95. The highest BCUT2D eigenvalue weighted by Gasteiger charge is 2.44. The topological polar surface area (TPSA) is 60.8 Å². The van der Waals surface area contributed by atoms with Gasteiger partial charge in [0.2, 0.25) is 0 Å². The fourth-order valence-electron chi connectivity index (χ4n) is 2.98. The minimum absolute atomic E-state index is 0.0451. The summed E-state index contributed by atoms with van der Waals surface area (Å²) in [5, 5.41) is 19.0. The number of amides is 1. The largest absolute Gasteiger partial charge is 0.508 e. The predicted molar refractivity (Wildman–Crippen MR) is 79.5 cm³/mol. The molecule has 0 bridgehead atoms. The van der Waals surface area contributed by atoms with Crippen molar-refractivity contribution in [2.45, 2.75) is 18.6 Å². The highest BCUT2D eigenvalue weighted by Crippen LogP contribution is 2.37. The number of aromatic hydroxyl groups is 2. The van der Waals surface area contributed by atoms with Gasteiger partial charge >= 0.3 is 12.1 Å². The lowest BCUT2D eigenvalue weighted by Gasteiger charge is -2.35. The highest BCUT2D eigenvalue weighted by atomic mass is 19.4. The van der Waals surface area contributed by atoms with Crippen LogP contribution in [0.4, 0.5) is 13.2 Å². The Morgan fingerprint density at radius 3 is 2.29 bits per heavy atom. The number of fused-ring (bicyclic) bond motifs is 1. The summed E-state index contributed by atoms with van der Waals surface area (Å²) in [5.74, 6) is -2.40. The number of rotatable bonds is 1. The maximum Gasteiger partial charge on any atom is 0.471 e. The summed E-state index contributed by atoms with van der Waals surface area (Å²) in [5.41, 5.74) is 1.90. The maximum absolute atomic E-state index is 12.8. The molecule has 126 valence electrons. The van der Waals surface area contributed by atoms with Crippen molar-refractivity contribution in [3.05, 3.63) is 59.2 Å². The van der Waals surface area contributed by atoms with E-state index >= 15 is 0 Å². The van der Waals surface area contributed by atoms with Crippen LogP contribution in [0.25, 0.3) is 0 Å². The third-order valence-corrected chi connectivity index (χ3v) is 4.09. The van der Waals surface area contributed by atoms with Gasteiger partial charge in [0.15, 0.2) is 0 Å². The minimum Gasteiger partial charge on any atom is -0.508 e. The van der Waals surface area contributed by atoms with Crippen molar-refractivity contribution in [1.29, 1.82) is 0 Å². The number of nitrogens with zero attached hydrogens (tertiary/aromatic N) is 1. The molecule has 1 unspecified atom stereocenters. The van der Waals surface area contributed by atoms with E-state index in [4.69, 9.17) is 0 Å². The molecule has 2 aromatic rings. The Morgan fingerprint density at radius 2 is 1.67 bits per heavy atom. The van der Waals surface area contributed by atoms with Gasteiger partial charge in [0.05, 0.1) is 0 Å². The average molecular weight is 337 g/mol. The summed E-state index contributed by atoms with van der Waals surface area (Å²) in [4.78, 5) is 12.4. The lowest BCUT2D eigenvalue weighted by atomic mass is 9.84. The summed E-state index contributed by atoms with van der Waals surface area (Å²) in [6.45, 7) is -0.336. The summed E-state index contributed by atoms with van der Waals surface area (Å²) in [6, 6.07) is 10.6. The van der Waals surface area contributed by atoms with E-state index in [0.717, 1.165) is 10.5 Å². The van der Waals surface area contributed by atoms with Crippen LogP contribution in [0.2, 0.25) is 0 Å². The van der Waals surface area contributed by atoms with Crippen LogP contribution in [0.5, 0.6) is 11.5 Å². The SMILES string of the molecule is O=C(N1Cc2cc(O)ccc2C(c2ccc(O)cc2)C1)C(F)(F)F. The number of phenols is 2. The normalized spacial score (nSPS) is 17.5. The van der Waals surface area contributed by atoms with Crippen molar-refractivity contribution in [1.82, 2.24) is 4.90 Å². The van der Waals surface area contributed by atoms with E-state index < -0.39 is 18.0 Å². The van der Waals surface area contributed by atoms with Crippen LogP contribution in [0.1, 0.15) is 22.6 Å². The molecule has 1 heterocycles. The Balaban J connectivity index is 2.04. The molecule has 0 radical (unpaired) electrons. The Bertz CT molecular complexity index is 772. The third-order valence-electron chi connectivity index (χ3n) is 4.09. The molecule has 0 aromatic heterocycles. The third kappa shape index (κ3) is 3.02. The number of carbonyl (C=O) groups excluding carboxylic acids is 1. The van der Waals surface area contributed by atoms with Crippen LogP contribution in [0, 0.1) is 0 Å². The van der Waals surface area contributed by atoms with Gasteiger partial charge in [-0.15, -0.1) is 0 Å². The van der Waals surface area contributed by atoms with Crippen LogP contribution in [0.15, 0.2) is 42.5 Å². The zero-order valence-electron chi connectivity index (χ0n) is 12.4. The molecule has 2 aromatic carbocycles. The number of hydrogen-bond acceptors (Lipinski definition) is 3. The fraction of sp³-hybridized carbons (Fsp3) is 0.235. The van der Waals surface area contributed by atoms with E-state index in [1.807, 2.05) is 0 Å². The van der Waals surface area contributed by atoms with E-state index in [2.05, 4.69) is 0 Å². The monoisotopic (exact) mass is 337 g/mol. The smallest absolute Gasteiger partial charge is 0.471 e. The van der Waals surface area contributed by atoms with Crippen LogP contribution in [0.3, 0.4) is 0 Å². The van der Waals surface area contributed by atoms with E-state index in [-0.39, 0.29) is 24.6 Å². The van der Waals surface area contributed by atoms with Crippen molar-refractivity contribution >= 4 is 5.91 Å². The molecule has 4 nitrogen and oxygen atoms in total. The Hall–Kier alpha value is -2.70. The number of benzene rings is 2. The fourth-order valence-corrected chi connectivity index (χ4v) is 2.98. The van der Waals surface area contributed by atoms with Gasteiger partial charge in [-0.05, 0) is 41.0 Å². The number of halogens is 3. The molecule has 1 aliphatic rings. The summed E-state index contributed by atoms with van der Waals surface area (Å²) in [6.07, 6.45) is -4.95. The average Bonchev–Trinajstić information content (AvgIpc) is 2.52. The zero-order valence-corrected chi connectivity index (χ0v) is 12.4. The molecule has 1 aliphatic heterocycles. The Labute approximate surface area is 135 Å². The predicted octanol–water partition coefficient (Wildman–Crippen LogP) is 3.13. The van der Waals surface area contributed by atoms with E-state index in [1.54, 1.807) is 18.2 Å². The van der Waals surface area contributed by atoms with Crippen LogP contribution in [-0.2, 0) is 11.3 Å². The van der Waals surface area contributed by atoms with Crippen molar-refractivity contribution < 1.29 is 28.2 Å². The molecule has 0 saturated carbocycles. The van der Waals surface area contributed by atoms with Gasteiger partial charge < -0.3 is 15.1 Å². The first-order chi connectivity index (χ1) is 11.3. The van der Waals surface area contributed by atoms with E-state index in [0.29, 0.717) is 11.1 Å². The molecular formula is C17H14F3NO3. The Kier molecular flexibility index (Phi) is 3.87. The van der Waals surface area contributed by atoms with Crippen LogP contribution < -0.4 is 0 Å². The molecule has 0 aliphatic carbocycles. The lowest BCUT2D eigenvalue weighted by molar-refractivity contribution is -0.186. The second-order valence-corrected chi connectivity index (χ2v) is 5.71. The molecule has 0 spiro atoms. The first-order valence-corrected chi connectivity index (χ1v) is 7.22. The number of alkyl halides is 3. The zero-order chi connectivity index (χ0) is 17.5. The summed E-state index contributed by atoms with van der Waals surface area (Å²) < 4.78 is 38.4. The maximum atomic E-state index is 12.8. The van der Waals surface area contributed by atoms with Crippen molar-refractivity contribution in [2.24, 2.45) is 0 Å². The molecular weight excluding hydrogens is 323 g/mol. The van der Waals surface area contributed by atoms with Gasteiger partial charge in [-0.1, -0.05) is 18.2 Å². The molecule has 3 rings (SSSR count). The van der Waals surface area contributed by atoms with Gasteiger partial charge in [-0.25, -0.2) is 0 Å². The van der Waals surface area contributed by atoms with Crippen molar-refractivity contribution in [3.8, 4) is 11.5 Å². The standard InChI is InChI=1S/C17H14F3NO3/c18-17(19,20)16(24)21-8-11-7-13(23)5-6-14(11)15(9-21)10-1-3-12(22)4-2-10/h1-7,15,22-23H,8-9H2. The number of hydrogen-bond donors (Lipinski definition) is 2. The number of carbonyl (C=O) groups is 1. The Morgan fingerprint density at radius 1 is 1.04 bits per heavy atom. The lowest BCUT2D eigenvalue weighted by Crippen LogP contribution is -2.45. The molecule has 24 heavy (non-hydrogen) atoms. The van der Waals surface area contributed by atoms with Gasteiger partial charge in [0.1, 0.15) is 11.5 Å². The highest BCUT2D eigenvalue weighted by molar-refractivity contribution is 5.82. The molecule has 7 heteroatoms. The van der Waals surface area contributed by atoms with Crippen LogP contribution in [-0.4, -0.2) is 33.7 Å². The van der Waals surface area contributed by atoms with E-state index in [9.17, 15) is 28.2 Å². The van der Waals surface area contributed by atoms with Crippen LogP contribution >= 0.6 is 0 Å². The number of phenolic OH excluding ortho intramolecular Hbond substituents is 2. The first-order valence-electron chi connectivity index (χ1n) is 7.22. The van der Waals surface area contributed by atoms with Crippen molar-refractivity contribution in [3.63, 3.8) is 0 Å². The first kappa shape index (κ1) is 16.2. The van der Waals surface area contributed by atoms with Gasteiger partial charge in [-0.3, -0.25) is 4.79 Å². The van der Waals surface area contributed by atoms with Gasteiger partial charge in [0.25, 0.3) is 0 Å². The molecule has 0 saturated heterocycles. The summed E-state index contributed by atoms with van der Waals surface area (Å²) in [7, 11) is 0. The molecule has 2 N–H and O–H groups in total. The summed E-state index contributed by atoms with van der Waals surface area (Å²) >= 11 is 0.